The highest BCUT2D eigenvalue weighted by molar-refractivity contribution is 5.80. The molecule has 0 radical (unpaired) electrons. The van der Waals surface area contributed by atoms with E-state index in [9.17, 15) is 9.90 Å². The number of pyridine rings is 1. The highest BCUT2D eigenvalue weighted by atomic mass is 16.4. The highest BCUT2D eigenvalue weighted by Gasteiger charge is 2.30. The SMILES string of the molecule is O=C(O)[C@H]1CNCCN1c1nc2ncccc2[nH]1. The Hall–Kier alpha value is -2.15. The van der Waals surface area contributed by atoms with Crippen molar-refractivity contribution in [2.75, 3.05) is 24.5 Å². The van der Waals surface area contributed by atoms with Crippen LogP contribution in [0.4, 0.5) is 5.95 Å². The van der Waals surface area contributed by atoms with Gasteiger partial charge in [-0.05, 0) is 12.1 Å². The summed E-state index contributed by atoms with van der Waals surface area (Å²) in [5.41, 5.74) is 1.42. The van der Waals surface area contributed by atoms with E-state index in [-0.39, 0.29) is 0 Å². The van der Waals surface area contributed by atoms with Gasteiger partial charge in [0.2, 0.25) is 5.95 Å². The van der Waals surface area contributed by atoms with Crippen LogP contribution in [0.15, 0.2) is 18.3 Å². The Labute approximate surface area is 103 Å². The molecule has 0 aliphatic carbocycles. The lowest BCUT2D eigenvalue weighted by Crippen LogP contribution is -2.55. The van der Waals surface area contributed by atoms with Crippen LogP contribution in [-0.2, 0) is 4.79 Å². The van der Waals surface area contributed by atoms with E-state index in [1.807, 2.05) is 12.1 Å². The van der Waals surface area contributed by atoms with E-state index in [0.717, 1.165) is 12.1 Å². The number of piperazine rings is 1. The number of nitrogens with zero attached hydrogens (tertiary/aromatic N) is 3. The fourth-order valence-electron chi connectivity index (χ4n) is 2.15. The molecule has 0 unspecified atom stereocenters. The summed E-state index contributed by atoms with van der Waals surface area (Å²) < 4.78 is 0. The standard InChI is InChI=1S/C11H13N5O2/c17-10(18)8-6-12-4-5-16(8)11-14-7-2-1-3-13-9(7)15-11/h1-3,8,12H,4-6H2,(H,17,18)(H,13,14,15)/t8-/m1/s1. The van der Waals surface area contributed by atoms with Crippen molar-refractivity contribution in [1.29, 1.82) is 0 Å². The molecule has 3 N–H and O–H groups in total. The maximum atomic E-state index is 11.2. The van der Waals surface area contributed by atoms with Crippen LogP contribution < -0.4 is 10.2 Å². The van der Waals surface area contributed by atoms with Crippen LogP contribution in [-0.4, -0.2) is 51.7 Å². The molecule has 18 heavy (non-hydrogen) atoms. The van der Waals surface area contributed by atoms with Gasteiger partial charge in [0.1, 0.15) is 6.04 Å². The van der Waals surface area contributed by atoms with Crippen LogP contribution >= 0.6 is 0 Å². The Morgan fingerprint density at radius 1 is 1.56 bits per heavy atom. The monoisotopic (exact) mass is 247 g/mol. The molecule has 1 atom stereocenters. The normalized spacial score (nSPS) is 20.2. The molecule has 3 rings (SSSR count). The number of anilines is 1. The Morgan fingerprint density at radius 3 is 3.22 bits per heavy atom. The molecule has 0 amide bonds. The zero-order valence-corrected chi connectivity index (χ0v) is 9.63. The van der Waals surface area contributed by atoms with Gasteiger partial charge in [-0.15, -0.1) is 0 Å². The summed E-state index contributed by atoms with van der Waals surface area (Å²) in [6.07, 6.45) is 1.67. The van der Waals surface area contributed by atoms with Gasteiger partial charge in [-0.25, -0.2) is 9.78 Å². The second-order valence-electron chi connectivity index (χ2n) is 4.19. The summed E-state index contributed by atoms with van der Waals surface area (Å²) in [5, 5.41) is 12.3. The number of aromatic amines is 1. The van der Waals surface area contributed by atoms with Gasteiger partial charge in [0, 0.05) is 25.8 Å². The summed E-state index contributed by atoms with van der Waals surface area (Å²) in [5.74, 6) is -0.284. The molecule has 94 valence electrons. The predicted molar refractivity (Wildman–Crippen MR) is 65.5 cm³/mol. The van der Waals surface area contributed by atoms with Crippen molar-refractivity contribution in [1.82, 2.24) is 20.3 Å². The number of imidazole rings is 1. The summed E-state index contributed by atoms with van der Waals surface area (Å²) in [6.45, 7) is 1.77. The quantitative estimate of drug-likeness (QED) is 0.681. The van der Waals surface area contributed by atoms with Crippen LogP contribution in [0.25, 0.3) is 11.2 Å². The first kappa shape index (κ1) is 11.0. The minimum absolute atomic E-state index is 0.416. The van der Waals surface area contributed by atoms with Crippen LogP contribution in [0, 0.1) is 0 Å². The number of hydrogen-bond acceptors (Lipinski definition) is 5. The second kappa shape index (κ2) is 4.26. The average molecular weight is 247 g/mol. The van der Waals surface area contributed by atoms with E-state index < -0.39 is 12.0 Å². The lowest BCUT2D eigenvalue weighted by Gasteiger charge is -2.33. The third-order valence-corrected chi connectivity index (χ3v) is 3.05. The average Bonchev–Trinajstić information content (AvgIpc) is 2.82. The summed E-state index contributed by atoms with van der Waals surface area (Å²) in [7, 11) is 0. The van der Waals surface area contributed by atoms with Crippen LogP contribution in [0.1, 0.15) is 0 Å². The Balaban J connectivity index is 1.98. The fourth-order valence-corrected chi connectivity index (χ4v) is 2.15. The molecule has 0 bridgehead atoms. The number of carboxylic acids is 1. The highest BCUT2D eigenvalue weighted by Crippen LogP contribution is 2.18. The maximum absolute atomic E-state index is 11.2. The van der Waals surface area contributed by atoms with E-state index >= 15 is 0 Å². The topological polar surface area (TPSA) is 94.1 Å². The second-order valence-corrected chi connectivity index (χ2v) is 4.19. The minimum atomic E-state index is -0.851. The first-order valence-electron chi connectivity index (χ1n) is 5.76. The van der Waals surface area contributed by atoms with Gasteiger partial charge >= 0.3 is 5.97 Å². The van der Waals surface area contributed by atoms with Gasteiger partial charge in [-0.3, -0.25) is 0 Å². The third kappa shape index (κ3) is 1.78. The lowest BCUT2D eigenvalue weighted by molar-refractivity contribution is -0.138. The van der Waals surface area contributed by atoms with Crippen molar-refractivity contribution < 1.29 is 9.90 Å². The van der Waals surface area contributed by atoms with Crippen molar-refractivity contribution in [2.24, 2.45) is 0 Å². The lowest BCUT2D eigenvalue weighted by atomic mass is 10.2. The zero-order chi connectivity index (χ0) is 12.5. The van der Waals surface area contributed by atoms with Crippen molar-refractivity contribution in [3.8, 4) is 0 Å². The molecule has 1 fully saturated rings. The van der Waals surface area contributed by atoms with Crippen LogP contribution in [0.3, 0.4) is 0 Å². The third-order valence-electron chi connectivity index (χ3n) is 3.05. The fraction of sp³-hybridized carbons (Fsp3) is 0.364. The Morgan fingerprint density at radius 2 is 2.44 bits per heavy atom. The van der Waals surface area contributed by atoms with E-state index in [4.69, 9.17) is 0 Å². The first-order chi connectivity index (χ1) is 8.75. The van der Waals surface area contributed by atoms with Gasteiger partial charge in [0.15, 0.2) is 5.65 Å². The van der Waals surface area contributed by atoms with E-state index in [2.05, 4.69) is 20.3 Å². The molecule has 1 saturated heterocycles. The smallest absolute Gasteiger partial charge is 0.327 e. The minimum Gasteiger partial charge on any atom is -0.480 e. The summed E-state index contributed by atoms with van der Waals surface area (Å²) in [6, 6.07) is 3.09. The molecule has 2 aromatic rings. The molecule has 7 nitrogen and oxygen atoms in total. The van der Waals surface area contributed by atoms with Crippen LogP contribution in [0.2, 0.25) is 0 Å². The molecule has 7 heteroatoms. The Bertz CT molecular complexity index is 549. The first-order valence-corrected chi connectivity index (χ1v) is 5.76. The van der Waals surface area contributed by atoms with E-state index in [1.165, 1.54) is 0 Å². The number of carboxylic acid groups (broad SMARTS) is 1. The number of H-pyrrole nitrogens is 1. The molecule has 0 aromatic carbocycles. The van der Waals surface area contributed by atoms with Gasteiger partial charge in [0.05, 0.1) is 5.52 Å². The van der Waals surface area contributed by atoms with E-state index in [0.29, 0.717) is 24.7 Å². The molecule has 1 aliphatic rings. The van der Waals surface area contributed by atoms with Gasteiger partial charge in [-0.1, -0.05) is 0 Å². The van der Waals surface area contributed by atoms with Crippen molar-refractivity contribution >= 4 is 23.1 Å². The zero-order valence-electron chi connectivity index (χ0n) is 9.63. The molecular formula is C11H13N5O2. The number of aromatic nitrogens is 3. The molecule has 1 aliphatic heterocycles. The molecule has 3 heterocycles. The molecule has 2 aromatic heterocycles. The predicted octanol–water partition coefficient (Wildman–Crippen LogP) is -0.179. The Kier molecular flexibility index (Phi) is 2.60. The van der Waals surface area contributed by atoms with Crippen molar-refractivity contribution in [3.05, 3.63) is 18.3 Å². The number of rotatable bonds is 2. The van der Waals surface area contributed by atoms with Gasteiger partial charge in [-0.2, -0.15) is 4.98 Å². The summed E-state index contributed by atoms with van der Waals surface area (Å²) >= 11 is 0. The van der Waals surface area contributed by atoms with Crippen molar-refractivity contribution in [3.63, 3.8) is 0 Å². The van der Waals surface area contributed by atoms with Crippen molar-refractivity contribution in [2.45, 2.75) is 6.04 Å². The number of aliphatic carboxylic acids is 1. The molecule has 0 spiro atoms. The molecular weight excluding hydrogens is 234 g/mol. The van der Waals surface area contributed by atoms with Crippen LogP contribution in [0.5, 0.6) is 0 Å². The summed E-state index contributed by atoms with van der Waals surface area (Å²) in [4.78, 5) is 24.6. The number of carbonyl (C=O) groups is 1. The van der Waals surface area contributed by atoms with Gasteiger partial charge < -0.3 is 20.3 Å². The number of fused-ring (bicyclic) bond motifs is 1. The molecule has 0 saturated carbocycles. The van der Waals surface area contributed by atoms with Gasteiger partial charge in [0.25, 0.3) is 0 Å². The maximum Gasteiger partial charge on any atom is 0.327 e. The largest absolute Gasteiger partial charge is 0.480 e. The number of nitrogens with one attached hydrogen (secondary N) is 2. The number of hydrogen-bond donors (Lipinski definition) is 3. The van der Waals surface area contributed by atoms with E-state index in [1.54, 1.807) is 11.1 Å².